The number of carbonyl (C=O) groups is 1. The van der Waals surface area contributed by atoms with Crippen molar-refractivity contribution in [1.29, 1.82) is 5.26 Å². The van der Waals surface area contributed by atoms with Gasteiger partial charge in [0.1, 0.15) is 30.6 Å². The van der Waals surface area contributed by atoms with E-state index in [9.17, 15) is 10.1 Å². The van der Waals surface area contributed by atoms with Gasteiger partial charge in [0.25, 0.3) is 5.91 Å². The summed E-state index contributed by atoms with van der Waals surface area (Å²) in [5, 5.41) is 9.68. The monoisotopic (exact) mass is 468 g/mol. The number of nitriles is 1. The van der Waals surface area contributed by atoms with Crippen LogP contribution in [-0.2, 0) is 11.2 Å². The minimum atomic E-state index is -0.305. The summed E-state index contributed by atoms with van der Waals surface area (Å²) >= 11 is 0. The van der Waals surface area contributed by atoms with Crippen molar-refractivity contribution in [1.82, 2.24) is 0 Å². The van der Waals surface area contributed by atoms with Crippen LogP contribution in [0, 0.1) is 25.2 Å². The molecule has 0 bridgehead atoms. The number of aryl methyl sites for hydroxylation is 2. The predicted molar refractivity (Wildman–Crippen MR) is 136 cm³/mol. The number of rotatable bonds is 8. The minimum absolute atomic E-state index is 0.0687. The van der Waals surface area contributed by atoms with Gasteiger partial charge in [0.05, 0.1) is 7.11 Å². The van der Waals surface area contributed by atoms with E-state index in [-0.39, 0.29) is 11.5 Å². The first-order valence-electron chi connectivity index (χ1n) is 11.5. The number of hydrogen-bond acceptors (Lipinski definition) is 5. The number of nitrogens with zero attached hydrogens (tertiary/aromatic N) is 2. The predicted octanol–water partition coefficient (Wildman–Crippen LogP) is 5.27. The molecule has 0 saturated carbocycles. The van der Waals surface area contributed by atoms with Gasteiger partial charge in [-0.3, -0.25) is 4.79 Å². The second-order valence-electron chi connectivity index (χ2n) is 8.36. The molecule has 1 aliphatic rings. The first-order valence-corrected chi connectivity index (χ1v) is 11.5. The highest BCUT2D eigenvalue weighted by atomic mass is 16.5. The summed E-state index contributed by atoms with van der Waals surface area (Å²) < 4.78 is 17.1. The van der Waals surface area contributed by atoms with Crippen molar-refractivity contribution in [2.45, 2.75) is 20.3 Å². The maximum atomic E-state index is 13.1. The Morgan fingerprint density at radius 2 is 1.80 bits per heavy atom. The summed E-state index contributed by atoms with van der Waals surface area (Å²) in [6.07, 6.45) is 2.37. The lowest BCUT2D eigenvalue weighted by molar-refractivity contribution is -0.114. The molecular formula is C29H28N2O4. The van der Waals surface area contributed by atoms with Crippen molar-refractivity contribution < 1.29 is 19.0 Å². The van der Waals surface area contributed by atoms with E-state index in [0.29, 0.717) is 36.8 Å². The number of carbonyl (C=O) groups excluding carboxylic acids is 1. The summed E-state index contributed by atoms with van der Waals surface area (Å²) in [5.41, 5.74) is 5.12. The Morgan fingerprint density at radius 3 is 2.57 bits per heavy atom. The van der Waals surface area contributed by atoms with Gasteiger partial charge < -0.3 is 19.1 Å². The van der Waals surface area contributed by atoms with Gasteiger partial charge in [-0.25, -0.2) is 0 Å². The number of amides is 1. The lowest BCUT2D eigenvalue weighted by atomic mass is 10.1. The van der Waals surface area contributed by atoms with Crippen molar-refractivity contribution in [2.75, 3.05) is 31.8 Å². The molecule has 1 heterocycles. The molecule has 178 valence electrons. The quantitative estimate of drug-likeness (QED) is 0.256. The number of fused-ring (bicyclic) bond motifs is 1. The fraction of sp³-hybridized carbons (Fsp3) is 0.241. The number of para-hydroxylation sites is 1. The fourth-order valence-corrected chi connectivity index (χ4v) is 4.01. The highest BCUT2D eigenvalue weighted by Gasteiger charge is 2.26. The van der Waals surface area contributed by atoms with E-state index >= 15 is 0 Å². The van der Waals surface area contributed by atoms with Crippen molar-refractivity contribution in [3.8, 4) is 23.3 Å². The molecule has 0 fully saturated rings. The van der Waals surface area contributed by atoms with E-state index < -0.39 is 0 Å². The maximum Gasteiger partial charge on any atom is 0.268 e. The summed E-state index contributed by atoms with van der Waals surface area (Å²) in [4.78, 5) is 14.7. The van der Waals surface area contributed by atoms with Gasteiger partial charge in [0.2, 0.25) is 0 Å². The van der Waals surface area contributed by atoms with E-state index in [1.165, 1.54) is 11.1 Å². The molecule has 0 unspecified atom stereocenters. The third-order valence-corrected chi connectivity index (χ3v) is 6.07. The average molecular weight is 469 g/mol. The van der Waals surface area contributed by atoms with Crippen LogP contribution < -0.4 is 19.1 Å². The molecule has 0 aromatic heterocycles. The number of ether oxygens (including phenoxy) is 3. The molecule has 1 amide bonds. The number of benzene rings is 3. The molecule has 0 radical (unpaired) electrons. The third-order valence-electron chi connectivity index (χ3n) is 6.07. The number of anilines is 1. The SMILES string of the molecule is COc1cc(C=C(C#N)C(=O)N2CCc3ccccc32)ccc1OCCOc1ccc(C)c(C)c1. The standard InChI is InChI=1S/C29H28N2O4/c1-20-8-10-25(16-21(20)2)34-14-15-35-27-11-9-22(18-28(27)33-3)17-24(19-30)29(32)31-13-12-23-6-4-5-7-26(23)31/h4-11,16-18H,12-15H2,1-3H3. The van der Waals surface area contributed by atoms with Gasteiger partial charge >= 0.3 is 0 Å². The van der Waals surface area contributed by atoms with E-state index in [1.807, 2.05) is 42.5 Å². The Morgan fingerprint density at radius 1 is 1.00 bits per heavy atom. The molecule has 6 nitrogen and oxygen atoms in total. The zero-order chi connectivity index (χ0) is 24.8. The summed E-state index contributed by atoms with van der Waals surface area (Å²) in [6.45, 7) is 5.41. The molecule has 35 heavy (non-hydrogen) atoms. The summed E-state index contributed by atoms with van der Waals surface area (Å²) in [5.74, 6) is 1.58. The van der Waals surface area contributed by atoms with Crippen molar-refractivity contribution >= 4 is 17.7 Å². The first kappa shape index (κ1) is 23.9. The van der Waals surface area contributed by atoms with Crippen LogP contribution in [-0.4, -0.2) is 32.8 Å². The third kappa shape index (κ3) is 5.47. The normalized spacial score (nSPS) is 12.6. The lowest BCUT2D eigenvalue weighted by Gasteiger charge is -2.16. The molecule has 1 aliphatic heterocycles. The lowest BCUT2D eigenvalue weighted by Crippen LogP contribution is -2.29. The molecule has 0 N–H and O–H groups in total. The Hall–Kier alpha value is -4.24. The molecule has 4 rings (SSSR count). The minimum Gasteiger partial charge on any atom is -0.493 e. The average Bonchev–Trinajstić information content (AvgIpc) is 3.31. The van der Waals surface area contributed by atoms with Crippen LogP contribution in [0.3, 0.4) is 0 Å². The number of methoxy groups -OCH3 is 1. The van der Waals surface area contributed by atoms with Crippen LogP contribution in [0.15, 0.2) is 66.2 Å². The van der Waals surface area contributed by atoms with Crippen LogP contribution in [0.2, 0.25) is 0 Å². The second kappa shape index (κ2) is 10.8. The topological polar surface area (TPSA) is 71.8 Å². The van der Waals surface area contributed by atoms with Crippen LogP contribution >= 0.6 is 0 Å². The smallest absolute Gasteiger partial charge is 0.268 e. The van der Waals surface area contributed by atoms with Gasteiger partial charge in [-0.2, -0.15) is 5.26 Å². The molecule has 3 aromatic rings. The van der Waals surface area contributed by atoms with Gasteiger partial charge in [-0.05, 0) is 78.9 Å². The zero-order valence-corrected chi connectivity index (χ0v) is 20.2. The van der Waals surface area contributed by atoms with Crippen molar-refractivity contribution in [3.63, 3.8) is 0 Å². The molecule has 0 spiro atoms. The molecule has 0 saturated heterocycles. The largest absolute Gasteiger partial charge is 0.493 e. The number of hydrogen-bond donors (Lipinski definition) is 0. The van der Waals surface area contributed by atoms with Gasteiger partial charge in [-0.1, -0.05) is 30.3 Å². The van der Waals surface area contributed by atoms with Crippen LogP contribution in [0.25, 0.3) is 6.08 Å². The molecule has 0 aliphatic carbocycles. The Labute approximate surface area is 206 Å². The summed E-state index contributed by atoms with van der Waals surface area (Å²) in [6, 6.07) is 21.1. The highest BCUT2D eigenvalue weighted by molar-refractivity contribution is 6.12. The Kier molecular flexibility index (Phi) is 7.37. The van der Waals surface area contributed by atoms with Crippen molar-refractivity contribution in [2.24, 2.45) is 0 Å². The molecule has 6 heteroatoms. The zero-order valence-electron chi connectivity index (χ0n) is 20.2. The van der Waals surface area contributed by atoms with Gasteiger partial charge in [-0.15, -0.1) is 0 Å². The van der Waals surface area contributed by atoms with Crippen LogP contribution in [0.1, 0.15) is 22.3 Å². The van der Waals surface area contributed by atoms with E-state index in [1.54, 1.807) is 36.3 Å². The molecule has 0 atom stereocenters. The highest BCUT2D eigenvalue weighted by Crippen LogP contribution is 2.31. The second-order valence-corrected chi connectivity index (χ2v) is 8.36. The van der Waals surface area contributed by atoms with Gasteiger partial charge in [0.15, 0.2) is 11.5 Å². The van der Waals surface area contributed by atoms with E-state index in [0.717, 1.165) is 23.4 Å². The van der Waals surface area contributed by atoms with E-state index in [2.05, 4.69) is 19.9 Å². The van der Waals surface area contributed by atoms with Crippen LogP contribution in [0.5, 0.6) is 17.2 Å². The van der Waals surface area contributed by atoms with Gasteiger partial charge in [0, 0.05) is 12.2 Å². The fourth-order valence-electron chi connectivity index (χ4n) is 4.01. The first-order chi connectivity index (χ1) is 17.0. The maximum absolute atomic E-state index is 13.1. The molecule has 3 aromatic carbocycles. The van der Waals surface area contributed by atoms with Crippen LogP contribution in [0.4, 0.5) is 5.69 Å². The van der Waals surface area contributed by atoms with Crippen molar-refractivity contribution in [3.05, 3.63) is 88.5 Å². The van der Waals surface area contributed by atoms with E-state index in [4.69, 9.17) is 14.2 Å². The Balaban J connectivity index is 1.41. The molecular weight excluding hydrogens is 440 g/mol. The summed E-state index contributed by atoms with van der Waals surface area (Å²) in [7, 11) is 1.55. The Bertz CT molecular complexity index is 1310.